The summed E-state index contributed by atoms with van der Waals surface area (Å²) in [7, 11) is 0. The number of amides is 1. The molecule has 0 radical (unpaired) electrons. The highest BCUT2D eigenvalue weighted by Crippen LogP contribution is 2.12. The molecule has 0 saturated carbocycles. The highest BCUT2D eigenvalue weighted by molar-refractivity contribution is 6.30. The van der Waals surface area contributed by atoms with Crippen molar-refractivity contribution in [2.45, 2.75) is 6.92 Å². The maximum Gasteiger partial charge on any atom is 0.330 e. The molecule has 2 aromatic rings. The predicted octanol–water partition coefficient (Wildman–Crippen LogP) is 2.98. The molecule has 0 spiro atoms. The van der Waals surface area contributed by atoms with E-state index in [2.05, 4.69) is 5.32 Å². The minimum absolute atomic E-state index is 0.199. The van der Waals surface area contributed by atoms with Crippen LogP contribution in [0, 0.1) is 6.92 Å². The molecule has 4 nitrogen and oxygen atoms in total. The lowest BCUT2D eigenvalue weighted by Gasteiger charge is -2.07. The van der Waals surface area contributed by atoms with E-state index in [1.807, 2.05) is 13.0 Å². The van der Waals surface area contributed by atoms with Gasteiger partial charge in [-0.15, -0.1) is 0 Å². The number of nitrogens with one attached hydrogen (secondary N) is 1. The summed E-state index contributed by atoms with van der Waals surface area (Å²) in [5, 5.41) is 3.04. The normalized spacial score (nSPS) is 10.0. The Morgan fingerprint density at radius 2 is 1.86 bits per heavy atom. The minimum Gasteiger partial charge on any atom is -0.425 e. The zero-order valence-corrected chi connectivity index (χ0v) is 12.2. The zero-order chi connectivity index (χ0) is 15.2. The van der Waals surface area contributed by atoms with Gasteiger partial charge in [-0.1, -0.05) is 23.7 Å². The number of halogens is 1. The van der Waals surface area contributed by atoms with Crippen LogP contribution in [-0.2, 0) is 4.79 Å². The molecule has 2 aromatic carbocycles. The molecule has 0 bridgehead atoms. The number of aryl methyl sites for hydroxylation is 1. The zero-order valence-electron chi connectivity index (χ0n) is 11.4. The van der Waals surface area contributed by atoms with E-state index < -0.39 is 5.97 Å². The molecule has 108 valence electrons. The molecule has 0 atom stereocenters. The molecule has 1 N–H and O–H groups in total. The van der Waals surface area contributed by atoms with Gasteiger partial charge < -0.3 is 10.1 Å². The van der Waals surface area contributed by atoms with Crippen LogP contribution in [0.25, 0.3) is 0 Å². The minimum atomic E-state index is -0.525. The third-order valence-electron chi connectivity index (χ3n) is 2.72. The Balaban J connectivity index is 1.86. The Labute approximate surface area is 127 Å². The van der Waals surface area contributed by atoms with Crippen molar-refractivity contribution < 1.29 is 14.3 Å². The highest BCUT2D eigenvalue weighted by atomic mass is 35.5. The summed E-state index contributed by atoms with van der Waals surface area (Å²) < 4.78 is 5.13. The molecule has 0 fully saturated rings. The Morgan fingerprint density at radius 3 is 2.52 bits per heavy atom. The summed E-state index contributed by atoms with van der Waals surface area (Å²) in [6.07, 6.45) is 0. The summed E-state index contributed by atoms with van der Waals surface area (Å²) in [5.74, 6) is -0.420. The number of benzene rings is 2. The first-order valence-corrected chi connectivity index (χ1v) is 6.73. The fourth-order valence-electron chi connectivity index (χ4n) is 1.70. The average Bonchev–Trinajstić information content (AvgIpc) is 2.45. The van der Waals surface area contributed by atoms with E-state index in [-0.39, 0.29) is 12.5 Å². The lowest BCUT2D eigenvalue weighted by atomic mass is 10.2. The van der Waals surface area contributed by atoms with Crippen LogP contribution < -0.4 is 10.1 Å². The Hall–Kier alpha value is -2.33. The second kappa shape index (κ2) is 6.90. The van der Waals surface area contributed by atoms with Crippen molar-refractivity contribution in [3.05, 3.63) is 64.7 Å². The first-order valence-electron chi connectivity index (χ1n) is 6.36. The SMILES string of the molecule is Cc1cccc(OC(=O)CNC(=O)c2ccc(Cl)cc2)c1. The number of hydrogen-bond acceptors (Lipinski definition) is 3. The maximum atomic E-state index is 11.8. The molecule has 2 rings (SSSR count). The van der Waals surface area contributed by atoms with Crippen molar-refractivity contribution in [3.8, 4) is 5.75 Å². The van der Waals surface area contributed by atoms with Crippen LogP contribution in [0.3, 0.4) is 0 Å². The molecule has 5 heteroatoms. The van der Waals surface area contributed by atoms with Crippen LogP contribution >= 0.6 is 11.6 Å². The predicted molar refractivity (Wildman–Crippen MR) is 80.6 cm³/mol. The average molecular weight is 304 g/mol. The second-order valence-corrected chi connectivity index (χ2v) is 4.92. The standard InChI is InChI=1S/C16H14ClNO3/c1-11-3-2-4-14(9-11)21-15(19)10-18-16(20)12-5-7-13(17)8-6-12/h2-9H,10H2,1H3,(H,18,20). The van der Waals surface area contributed by atoms with E-state index in [1.165, 1.54) is 0 Å². The van der Waals surface area contributed by atoms with Crippen molar-refractivity contribution >= 4 is 23.5 Å². The molecule has 0 aromatic heterocycles. The monoisotopic (exact) mass is 303 g/mol. The van der Waals surface area contributed by atoms with Gasteiger partial charge in [0.2, 0.25) is 0 Å². The van der Waals surface area contributed by atoms with Gasteiger partial charge in [0.1, 0.15) is 12.3 Å². The van der Waals surface area contributed by atoms with E-state index in [4.69, 9.17) is 16.3 Å². The Morgan fingerprint density at radius 1 is 1.14 bits per heavy atom. The number of hydrogen-bond donors (Lipinski definition) is 1. The van der Waals surface area contributed by atoms with Crippen LogP contribution in [0.2, 0.25) is 5.02 Å². The topological polar surface area (TPSA) is 55.4 Å². The smallest absolute Gasteiger partial charge is 0.330 e. The highest BCUT2D eigenvalue weighted by Gasteiger charge is 2.09. The van der Waals surface area contributed by atoms with Gasteiger partial charge in [-0.25, -0.2) is 4.79 Å². The van der Waals surface area contributed by atoms with Gasteiger partial charge in [0, 0.05) is 10.6 Å². The fourth-order valence-corrected chi connectivity index (χ4v) is 1.83. The van der Waals surface area contributed by atoms with Gasteiger partial charge in [0.15, 0.2) is 0 Å². The summed E-state index contributed by atoms with van der Waals surface area (Å²) in [5.41, 5.74) is 1.42. The van der Waals surface area contributed by atoms with Crippen LogP contribution in [0.15, 0.2) is 48.5 Å². The maximum absolute atomic E-state index is 11.8. The molecule has 0 aliphatic heterocycles. The van der Waals surface area contributed by atoms with E-state index in [0.717, 1.165) is 5.56 Å². The van der Waals surface area contributed by atoms with Crippen LogP contribution in [0.5, 0.6) is 5.75 Å². The largest absolute Gasteiger partial charge is 0.425 e. The van der Waals surface area contributed by atoms with Crippen LogP contribution in [0.4, 0.5) is 0 Å². The van der Waals surface area contributed by atoms with Gasteiger partial charge in [-0.2, -0.15) is 0 Å². The summed E-state index contributed by atoms with van der Waals surface area (Å²) in [4.78, 5) is 23.5. The van der Waals surface area contributed by atoms with E-state index in [1.54, 1.807) is 42.5 Å². The molecular weight excluding hydrogens is 290 g/mol. The number of rotatable bonds is 4. The number of ether oxygens (including phenoxy) is 1. The van der Waals surface area contributed by atoms with Crippen molar-refractivity contribution in [3.63, 3.8) is 0 Å². The van der Waals surface area contributed by atoms with E-state index in [0.29, 0.717) is 16.3 Å². The van der Waals surface area contributed by atoms with Crippen molar-refractivity contribution in [1.29, 1.82) is 0 Å². The molecular formula is C16H14ClNO3. The lowest BCUT2D eigenvalue weighted by molar-refractivity contribution is -0.133. The van der Waals surface area contributed by atoms with Gasteiger partial charge in [-0.05, 0) is 48.9 Å². The van der Waals surface area contributed by atoms with Gasteiger partial charge in [0.25, 0.3) is 5.91 Å². The van der Waals surface area contributed by atoms with Gasteiger partial charge >= 0.3 is 5.97 Å². The summed E-state index contributed by atoms with van der Waals surface area (Å²) >= 11 is 5.74. The van der Waals surface area contributed by atoms with E-state index in [9.17, 15) is 9.59 Å². The van der Waals surface area contributed by atoms with Crippen molar-refractivity contribution in [1.82, 2.24) is 5.32 Å². The second-order valence-electron chi connectivity index (χ2n) is 4.48. The van der Waals surface area contributed by atoms with E-state index >= 15 is 0 Å². The summed E-state index contributed by atoms with van der Waals surface area (Å²) in [6, 6.07) is 13.5. The van der Waals surface area contributed by atoms with Crippen LogP contribution in [-0.4, -0.2) is 18.4 Å². The molecule has 0 unspecified atom stereocenters. The molecule has 0 aliphatic rings. The number of carbonyl (C=O) groups excluding carboxylic acids is 2. The lowest BCUT2D eigenvalue weighted by Crippen LogP contribution is -2.31. The molecule has 21 heavy (non-hydrogen) atoms. The van der Waals surface area contributed by atoms with Crippen LogP contribution in [0.1, 0.15) is 15.9 Å². The molecule has 0 heterocycles. The van der Waals surface area contributed by atoms with Crippen molar-refractivity contribution in [2.75, 3.05) is 6.54 Å². The number of esters is 1. The third kappa shape index (κ3) is 4.61. The fraction of sp³-hybridized carbons (Fsp3) is 0.125. The first-order chi connectivity index (χ1) is 10.0. The molecule has 0 aliphatic carbocycles. The summed E-state index contributed by atoms with van der Waals surface area (Å²) in [6.45, 7) is 1.70. The molecule has 1 amide bonds. The third-order valence-corrected chi connectivity index (χ3v) is 2.97. The number of carbonyl (C=O) groups is 2. The quantitative estimate of drug-likeness (QED) is 0.698. The Bertz CT molecular complexity index is 653. The molecule has 0 saturated heterocycles. The van der Waals surface area contributed by atoms with Crippen molar-refractivity contribution in [2.24, 2.45) is 0 Å². The van der Waals surface area contributed by atoms with Gasteiger partial charge in [-0.3, -0.25) is 4.79 Å². The first kappa shape index (κ1) is 15.1. The van der Waals surface area contributed by atoms with Gasteiger partial charge in [0.05, 0.1) is 0 Å². The Kier molecular flexibility index (Phi) is 4.95.